The molecule has 0 bridgehead atoms. The Labute approximate surface area is 111 Å². The summed E-state index contributed by atoms with van der Waals surface area (Å²) in [6, 6.07) is 8.70. The Morgan fingerprint density at radius 2 is 2.06 bits per heavy atom. The number of methoxy groups -OCH3 is 1. The van der Waals surface area contributed by atoms with Crippen LogP contribution in [0.2, 0.25) is 0 Å². The molecule has 1 saturated carbocycles. The van der Waals surface area contributed by atoms with Crippen LogP contribution in [-0.4, -0.2) is 20.7 Å². The molecule has 0 amide bonds. The molecule has 2 nitrogen and oxygen atoms in total. The molecule has 0 unspecified atom stereocenters. The van der Waals surface area contributed by atoms with Crippen LogP contribution in [0.25, 0.3) is 0 Å². The van der Waals surface area contributed by atoms with E-state index < -0.39 is 0 Å². The van der Waals surface area contributed by atoms with Crippen LogP contribution in [0.5, 0.6) is 5.75 Å². The van der Waals surface area contributed by atoms with Gasteiger partial charge in [-0.3, -0.25) is 0 Å². The van der Waals surface area contributed by atoms with Gasteiger partial charge in [-0.25, -0.2) is 0 Å². The lowest BCUT2D eigenvalue weighted by atomic mass is 9.75. The molecule has 0 atom stereocenters. The largest absolute Gasteiger partial charge is 0.497 e. The highest BCUT2D eigenvalue weighted by Gasteiger charge is 2.34. The van der Waals surface area contributed by atoms with Gasteiger partial charge in [-0.15, -0.1) is 0 Å². The van der Waals surface area contributed by atoms with Gasteiger partial charge < -0.3 is 10.1 Å². The molecule has 0 saturated heterocycles. The molecule has 18 heavy (non-hydrogen) atoms. The maximum Gasteiger partial charge on any atom is 0.119 e. The van der Waals surface area contributed by atoms with Crippen LogP contribution < -0.4 is 10.1 Å². The first-order chi connectivity index (χ1) is 8.80. The predicted octanol–water partition coefficient (Wildman–Crippen LogP) is 3.51. The summed E-state index contributed by atoms with van der Waals surface area (Å²) < 4.78 is 5.37. The second kappa shape index (κ2) is 6.24. The van der Waals surface area contributed by atoms with E-state index in [-0.39, 0.29) is 0 Å². The van der Waals surface area contributed by atoms with Crippen LogP contribution >= 0.6 is 0 Å². The molecule has 1 aromatic carbocycles. The lowest BCUT2D eigenvalue weighted by Gasteiger charge is -2.30. The van der Waals surface area contributed by atoms with E-state index in [9.17, 15) is 0 Å². The van der Waals surface area contributed by atoms with E-state index in [2.05, 4.69) is 23.5 Å². The Bertz CT molecular complexity index is 369. The molecule has 1 aliphatic carbocycles. The first kappa shape index (κ1) is 13.4. The average molecular weight is 247 g/mol. The lowest BCUT2D eigenvalue weighted by molar-refractivity contribution is 0.382. The zero-order chi connectivity index (χ0) is 12.8. The Kier molecular flexibility index (Phi) is 4.65. The second-order valence-electron chi connectivity index (χ2n) is 5.43. The van der Waals surface area contributed by atoms with E-state index in [0.717, 1.165) is 12.3 Å². The quantitative estimate of drug-likeness (QED) is 0.777. The van der Waals surface area contributed by atoms with Gasteiger partial charge in [0.2, 0.25) is 0 Å². The van der Waals surface area contributed by atoms with Crippen LogP contribution in [-0.2, 0) is 5.41 Å². The van der Waals surface area contributed by atoms with E-state index in [1.807, 2.05) is 13.1 Å². The van der Waals surface area contributed by atoms with E-state index in [0.29, 0.717) is 5.41 Å². The molecule has 2 heteroatoms. The van der Waals surface area contributed by atoms with E-state index in [4.69, 9.17) is 4.74 Å². The third kappa shape index (κ3) is 2.86. The van der Waals surface area contributed by atoms with E-state index in [1.165, 1.54) is 44.1 Å². The van der Waals surface area contributed by atoms with Crippen molar-refractivity contribution in [2.45, 2.75) is 43.9 Å². The minimum Gasteiger partial charge on any atom is -0.497 e. The molecule has 1 aromatic rings. The zero-order valence-electron chi connectivity index (χ0n) is 11.7. The fourth-order valence-corrected chi connectivity index (χ4v) is 3.29. The van der Waals surface area contributed by atoms with E-state index in [1.54, 1.807) is 7.11 Å². The Hall–Kier alpha value is -1.02. The van der Waals surface area contributed by atoms with Crippen molar-refractivity contribution in [1.29, 1.82) is 0 Å². The smallest absolute Gasteiger partial charge is 0.119 e. The summed E-state index contributed by atoms with van der Waals surface area (Å²) in [5.74, 6) is 0.993. The van der Waals surface area contributed by atoms with Crippen LogP contribution in [0, 0.1) is 0 Å². The minimum absolute atomic E-state index is 0.408. The normalized spacial score (nSPS) is 17.9. The number of nitrogens with one attached hydrogen (secondary N) is 1. The summed E-state index contributed by atoms with van der Waals surface area (Å²) >= 11 is 0. The SMILES string of the molecule is CNCCCC1(c2cccc(OC)c2)CCCC1. The standard InChI is InChI=1S/C16H25NO/c1-17-12-6-11-16(9-3-4-10-16)14-7-5-8-15(13-14)18-2/h5,7-8,13,17H,3-4,6,9-12H2,1-2H3. The van der Waals surface area contributed by atoms with Crippen LogP contribution in [0.4, 0.5) is 0 Å². The van der Waals surface area contributed by atoms with Gasteiger partial charge in [0.1, 0.15) is 5.75 Å². The highest BCUT2D eigenvalue weighted by molar-refractivity contribution is 5.34. The van der Waals surface area contributed by atoms with Crippen molar-refractivity contribution in [1.82, 2.24) is 5.32 Å². The summed E-state index contributed by atoms with van der Waals surface area (Å²) in [7, 11) is 3.79. The van der Waals surface area contributed by atoms with Crippen molar-refractivity contribution < 1.29 is 4.74 Å². The highest BCUT2D eigenvalue weighted by atomic mass is 16.5. The number of hydrogen-bond acceptors (Lipinski definition) is 2. The minimum atomic E-state index is 0.408. The van der Waals surface area contributed by atoms with Gasteiger partial charge in [0.05, 0.1) is 7.11 Å². The monoisotopic (exact) mass is 247 g/mol. The third-order valence-electron chi connectivity index (χ3n) is 4.32. The third-order valence-corrected chi connectivity index (χ3v) is 4.32. The van der Waals surface area contributed by atoms with Crippen molar-refractivity contribution in [3.05, 3.63) is 29.8 Å². The molecule has 1 fully saturated rings. The molecule has 1 aliphatic rings. The lowest BCUT2D eigenvalue weighted by Crippen LogP contribution is -2.24. The molecule has 0 radical (unpaired) electrons. The van der Waals surface area contributed by atoms with Crippen LogP contribution in [0.1, 0.15) is 44.1 Å². The molecule has 2 rings (SSSR count). The molecule has 0 aromatic heterocycles. The second-order valence-corrected chi connectivity index (χ2v) is 5.43. The van der Waals surface area contributed by atoms with Gasteiger partial charge in [0.25, 0.3) is 0 Å². The van der Waals surface area contributed by atoms with Crippen molar-refractivity contribution in [2.24, 2.45) is 0 Å². The Morgan fingerprint density at radius 1 is 1.28 bits per heavy atom. The fraction of sp³-hybridized carbons (Fsp3) is 0.625. The fourth-order valence-electron chi connectivity index (χ4n) is 3.29. The molecular formula is C16H25NO. The van der Waals surface area contributed by atoms with Gasteiger partial charge in [-0.05, 0) is 62.4 Å². The summed E-state index contributed by atoms with van der Waals surface area (Å²) in [6.07, 6.45) is 7.97. The predicted molar refractivity (Wildman–Crippen MR) is 76.3 cm³/mol. The number of rotatable bonds is 6. The number of ether oxygens (including phenoxy) is 1. The first-order valence-corrected chi connectivity index (χ1v) is 7.10. The Balaban J connectivity index is 2.17. The van der Waals surface area contributed by atoms with Crippen molar-refractivity contribution in [3.63, 3.8) is 0 Å². The van der Waals surface area contributed by atoms with Crippen molar-refractivity contribution in [2.75, 3.05) is 20.7 Å². The van der Waals surface area contributed by atoms with Gasteiger partial charge in [-0.2, -0.15) is 0 Å². The summed E-state index contributed by atoms with van der Waals surface area (Å²) in [5, 5.41) is 3.26. The van der Waals surface area contributed by atoms with Gasteiger partial charge >= 0.3 is 0 Å². The van der Waals surface area contributed by atoms with Crippen molar-refractivity contribution in [3.8, 4) is 5.75 Å². The molecule has 0 heterocycles. The zero-order valence-corrected chi connectivity index (χ0v) is 11.7. The van der Waals surface area contributed by atoms with Crippen molar-refractivity contribution >= 4 is 0 Å². The molecule has 0 aliphatic heterocycles. The Morgan fingerprint density at radius 3 is 2.72 bits per heavy atom. The average Bonchev–Trinajstić information content (AvgIpc) is 2.89. The van der Waals surface area contributed by atoms with Gasteiger partial charge in [0.15, 0.2) is 0 Å². The molecule has 1 N–H and O–H groups in total. The summed E-state index contributed by atoms with van der Waals surface area (Å²) in [5.41, 5.74) is 1.89. The summed E-state index contributed by atoms with van der Waals surface area (Å²) in [4.78, 5) is 0. The number of benzene rings is 1. The van der Waals surface area contributed by atoms with Crippen LogP contribution in [0.3, 0.4) is 0 Å². The topological polar surface area (TPSA) is 21.3 Å². The summed E-state index contributed by atoms with van der Waals surface area (Å²) in [6.45, 7) is 1.12. The van der Waals surface area contributed by atoms with Gasteiger partial charge in [0, 0.05) is 0 Å². The highest BCUT2D eigenvalue weighted by Crippen LogP contribution is 2.45. The molecule has 100 valence electrons. The molecular weight excluding hydrogens is 222 g/mol. The molecule has 0 spiro atoms. The van der Waals surface area contributed by atoms with Crippen LogP contribution in [0.15, 0.2) is 24.3 Å². The first-order valence-electron chi connectivity index (χ1n) is 7.10. The maximum absolute atomic E-state index is 5.37. The number of hydrogen-bond donors (Lipinski definition) is 1. The van der Waals surface area contributed by atoms with E-state index >= 15 is 0 Å². The van der Waals surface area contributed by atoms with Gasteiger partial charge in [-0.1, -0.05) is 25.0 Å². The maximum atomic E-state index is 5.37.